The summed E-state index contributed by atoms with van der Waals surface area (Å²) < 4.78 is 38.4. The van der Waals surface area contributed by atoms with Crippen LogP contribution in [0.25, 0.3) is 0 Å². The van der Waals surface area contributed by atoms with Crippen molar-refractivity contribution in [2.75, 3.05) is 19.7 Å². The Morgan fingerprint density at radius 1 is 1.15 bits per heavy atom. The number of ether oxygens (including phenoxy) is 2. The van der Waals surface area contributed by atoms with Gasteiger partial charge in [-0.25, -0.2) is 13.2 Å². The largest absolute Gasteiger partial charge is 0.462 e. The number of benzene rings is 1. The molecule has 0 bridgehead atoms. The summed E-state index contributed by atoms with van der Waals surface area (Å²) in [6, 6.07) is 6.14. The van der Waals surface area contributed by atoms with Crippen molar-refractivity contribution in [2.24, 2.45) is 5.92 Å². The molecule has 0 amide bonds. The van der Waals surface area contributed by atoms with Crippen LogP contribution in [-0.2, 0) is 19.5 Å². The Kier molecular flexibility index (Phi) is 6.55. The second-order valence-corrected chi connectivity index (χ2v) is 9.65. The molecular weight excluding hydrogens is 366 g/mol. The van der Waals surface area contributed by atoms with Gasteiger partial charge in [-0.2, -0.15) is 4.31 Å². The highest BCUT2D eigenvalue weighted by Crippen LogP contribution is 2.25. The van der Waals surface area contributed by atoms with Gasteiger partial charge in [-0.15, -0.1) is 0 Å². The molecule has 1 aromatic rings. The molecule has 2 fully saturated rings. The summed E-state index contributed by atoms with van der Waals surface area (Å²) in [5.41, 5.74) is 0.279. The van der Waals surface area contributed by atoms with Gasteiger partial charge in [0.1, 0.15) is 0 Å². The van der Waals surface area contributed by atoms with E-state index in [0.29, 0.717) is 25.6 Å². The molecule has 27 heavy (non-hydrogen) atoms. The van der Waals surface area contributed by atoms with Gasteiger partial charge in [-0.05, 0) is 50.8 Å². The molecule has 7 heteroatoms. The Morgan fingerprint density at radius 3 is 2.48 bits per heavy atom. The van der Waals surface area contributed by atoms with E-state index in [2.05, 4.69) is 0 Å². The Balaban J connectivity index is 1.69. The number of rotatable bonds is 5. The third-order valence-electron chi connectivity index (χ3n) is 5.27. The second kappa shape index (κ2) is 8.71. The fourth-order valence-corrected chi connectivity index (χ4v) is 5.53. The molecule has 0 radical (unpaired) electrons. The lowest BCUT2D eigenvalue weighted by Crippen LogP contribution is -2.48. The highest BCUT2D eigenvalue weighted by molar-refractivity contribution is 7.89. The molecule has 1 aliphatic heterocycles. The molecule has 1 heterocycles. The number of nitrogens with zero attached hydrogens (tertiary/aromatic N) is 1. The maximum atomic E-state index is 13.0. The molecule has 0 aromatic heterocycles. The number of sulfonamides is 1. The van der Waals surface area contributed by atoms with E-state index in [9.17, 15) is 13.2 Å². The monoisotopic (exact) mass is 395 g/mol. The summed E-state index contributed by atoms with van der Waals surface area (Å²) in [6.45, 7) is 4.74. The molecule has 1 aliphatic carbocycles. The molecule has 1 aromatic carbocycles. The van der Waals surface area contributed by atoms with Crippen LogP contribution in [0.2, 0.25) is 0 Å². The lowest BCUT2D eigenvalue weighted by molar-refractivity contribution is -0.0440. The first-order valence-electron chi connectivity index (χ1n) is 9.79. The van der Waals surface area contributed by atoms with E-state index in [1.54, 1.807) is 12.1 Å². The van der Waals surface area contributed by atoms with Crippen molar-refractivity contribution in [2.45, 2.75) is 63.1 Å². The summed E-state index contributed by atoms with van der Waals surface area (Å²) in [6.07, 6.45) is 5.49. The van der Waals surface area contributed by atoms with Gasteiger partial charge in [-0.3, -0.25) is 0 Å². The Morgan fingerprint density at radius 2 is 1.81 bits per heavy atom. The van der Waals surface area contributed by atoms with Crippen molar-refractivity contribution in [3.8, 4) is 0 Å². The van der Waals surface area contributed by atoms with Crippen LogP contribution in [0.3, 0.4) is 0 Å². The lowest BCUT2D eigenvalue weighted by atomic mass is 9.90. The Bertz CT molecular complexity index is 747. The SMILES string of the molecule is C[C@@H]1CN(S(=O)(=O)c2cccc(C(=O)OCC3CCCCC3)c2)C[C@@H](C)O1. The van der Waals surface area contributed by atoms with E-state index in [-0.39, 0.29) is 22.7 Å². The van der Waals surface area contributed by atoms with Crippen LogP contribution in [0.4, 0.5) is 0 Å². The van der Waals surface area contributed by atoms with E-state index in [1.165, 1.54) is 35.7 Å². The topological polar surface area (TPSA) is 72.9 Å². The molecule has 150 valence electrons. The van der Waals surface area contributed by atoms with Crippen LogP contribution < -0.4 is 0 Å². The van der Waals surface area contributed by atoms with E-state index < -0.39 is 16.0 Å². The Labute approximate surface area is 161 Å². The zero-order chi connectivity index (χ0) is 19.4. The number of hydrogen-bond donors (Lipinski definition) is 0. The van der Waals surface area contributed by atoms with Crippen LogP contribution in [0.5, 0.6) is 0 Å². The predicted octanol–water partition coefficient (Wildman–Crippen LogP) is 3.22. The third kappa shape index (κ3) is 5.09. The summed E-state index contributed by atoms with van der Waals surface area (Å²) in [5, 5.41) is 0. The average molecular weight is 396 g/mol. The van der Waals surface area contributed by atoms with Gasteiger partial charge in [0.05, 0.1) is 29.3 Å². The highest BCUT2D eigenvalue weighted by atomic mass is 32.2. The fraction of sp³-hybridized carbons (Fsp3) is 0.650. The third-order valence-corrected chi connectivity index (χ3v) is 7.10. The molecule has 2 aliphatic rings. The lowest BCUT2D eigenvalue weighted by Gasteiger charge is -2.34. The number of hydrogen-bond acceptors (Lipinski definition) is 5. The molecule has 0 unspecified atom stereocenters. The van der Waals surface area contributed by atoms with Gasteiger partial charge < -0.3 is 9.47 Å². The minimum absolute atomic E-state index is 0.121. The highest BCUT2D eigenvalue weighted by Gasteiger charge is 2.32. The minimum Gasteiger partial charge on any atom is -0.462 e. The van der Waals surface area contributed by atoms with Crippen molar-refractivity contribution >= 4 is 16.0 Å². The first-order valence-corrected chi connectivity index (χ1v) is 11.2. The van der Waals surface area contributed by atoms with Crippen molar-refractivity contribution in [1.29, 1.82) is 0 Å². The molecule has 1 saturated carbocycles. The zero-order valence-corrected chi connectivity index (χ0v) is 16.9. The molecule has 2 atom stereocenters. The summed E-state index contributed by atoms with van der Waals surface area (Å²) in [4.78, 5) is 12.5. The van der Waals surface area contributed by atoms with Gasteiger partial charge in [0.2, 0.25) is 10.0 Å². The number of carbonyl (C=O) groups excluding carboxylic acids is 1. The molecule has 1 saturated heterocycles. The number of morpholine rings is 1. The molecule has 0 spiro atoms. The van der Waals surface area contributed by atoms with E-state index in [4.69, 9.17) is 9.47 Å². The molecule has 6 nitrogen and oxygen atoms in total. The maximum absolute atomic E-state index is 13.0. The summed E-state index contributed by atoms with van der Waals surface area (Å²) in [5.74, 6) is -0.0349. The molecular formula is C20H29NO5S. The second-order valence-electron chi connectivity index (χ2n) is 7.71. The van der Waals surface area contributed by atoms with Crippen molar-refractivity contribution in [3.63, 3.8) is 0 Å². The normalized spacial score (nSPS) is 25.3. The average Bonchev–Trinajstić information content (AvgIpc) is 2.66. The Hall–Kier alpha value is -1.44. The van der Waals surface area contributed by atoms with Crippen LogP contribution in [0.1, 0.15) is 56.3 Å². The smallest absolute Gasteiger partial charge is 0.338 e. The van der Waals surface area contributed by atoms with Crippen LogP contribution >= 0.6 is 0 Å². The van der Waals surface area contributed by atoms with Crippen LogP contribution in [0.15, 0.2) is 29.2 Å². The van der Waals surface area contributed by atoms with Crippen molar-refractivity contribution < 1.29 is 22.7 Å². The van der Waals surface area contributed by atoms with Gasteiger partial charge in [0.15, 0.2) is 0 Å². The van der Waals surface area contributed by atoms with Crippen molar-refractivity contribution in [1.82, 2.24) is 4.31 Å². The van der Waals surface area contributed by atoms with Crippen LogP contribution in [0, 0.1) is 5.92 Å². The van der Waals surface area contributed by atoms with E-state index in [0.717, 1.165) is 12.8 Å². The van der Waals surface area contributed by atoms with Gasteiger partial charge in [-0.1, -0.05) is 25.3 Å². The summed E-state index contributed by atoms with van der Waals surface area (Å²) in [7, 11) is -3.67. The first-order chi connectivity index (χ1) is 12.9. The quantitative estimate of drug-likeness (QED) is 0.716. The van der Waals surface area contributed by atoms with Gasteiger partial charge in [0, 0.05) is 13.1 Å². The van der Waals surface area contributed by atoms with Gasteiger partial charge in [0.25, 0.3) is 0 Å². The minimum atomic E-state index is -3.67. The van der Waals surface area contributed by atoms with Crippen molar-refractivity contribution in [3.05, 3.63) is 29.8 Å². The first kappa shape index (κ1) is 20.3. The molecule has 3 rings (SSSR count). The standard InChI is InChI=1S/C20H29NO5S/c1-15-12-21(13-16(2)26-15)27(23,24)19-10-6-9-18(11-19)20(22)25-14-17-7-4-3-5-8-17/h6,9-11,15-17H,3-5,7-8,12-14H2,1-2H3/t15-,16-/m1/s1. The number of carbonyl (C=O) groups is 1. The number of esters is 1. The summed E-state index contributed by atoms with van der Waals surface area (Å²) >= 11 is 0. The van der Waals surface area contributed by atoms with E-state index in [1.807, 2.05) is 13.8 Å². The van der Waals surface area contributed by atoms with E-state index >= 15 is 0 Å². The maximum Gasteiger partial charge on any atom is 0.338 e. The fourth-order valence-electron chi connectivity index (χ4n) is 3.89. The molecule has 0 N–H and O–H groups in total. The zero-order valence-electron chi connectivity index (χ0n) is 16.1. The van der Waals surface area contributed by atoms with Crippen LogP contribution in [-0.4, -0.2) is 50.6 Å². The van der Waals surface area contributed by atoms with Gasteiger partial charge >= 0.3 is 5.97 Å². The predicted molar refractivity (Wildman–Crippen MR) is 102 cm³/mol.